The summed E-state index contributed by atoms with van der Waals surface area (Å²) in [6.45, 7) is 14.0. The molecule has 0 aliphatic carbocycles. The average molecular weight is 904 g/mol. The number of rotatable bonds is 12. The zero-order valence-corrected chi connectivity index (χ0v) is 37.1. The minimum absolute atomic E-state index is 0. The van der Waals surface area contributed by atoms with E-state index in [0.717, 1.165) is 50.9 Å². The van der Waals surface area contributed by atoms with Gasteiger partial charge >= 0.3 is 18.5 Å². The number of nitrogens with zero attached hydrogens (tertiary/aromatic N) is 2. The van der Waals surface area contributed by atoms with Crippen molar-refractivity contribution in [3.05, 3.63) is 86.5 Å². The van der Waals surface area contributed by atoms with Gasteiger partial charge in [-0.15, -0.1) is 0 Å². The van der Waals surface area contributed by atoms with Crippen LogP contribution in [0.2, 0.25) is 0 Å². The van der Waals surface area contributed by atoms with Gasteiger partial charge in [-0.2, -0.15) is 43.7 Å². The van der Waals surface area contributed by atoms with E-state index in [4.69, 9.17) is 23.9 Å². The summed E-state index contributed by atoms with van der Waals surface area (Å²) in [6, 6.07) is 4.84. The third-order valence-corrected chi connectivity index (χ3v) is 12.2. The van der Waals surface area contributed by atoms with Gasteiger partial charge in [0, 0.05) is 54.3 Å². The number of carbonyl (C=O) groups is 1. The molecule has 0 spiro atoms. The van der Waals surface area contributed by atoms with Gasteiger partial charge in [0.2, 0.25) is 0 Å². The Bertz CT molecular complexity index is 2020. The fourth-order valence-electron chi connectivity index (χ4n) is 6.68. The second-order valence-electron chi connectivity index (χ2n) is 13.6. The van der Waals surface area contributed by atoms with Crippen LogP contribution < -0.4 is 4.74 Å². The number of alkyl halides is 3. The van der Waals surface area contributed by atoms with Crippen LogP contribution in [0.1, 0.15) is 102 Å². The summed E-state index contributed by atoms with van der Waals surface area (Å²) in [7, 11) is -0.556. The highest BCUT2D eigenvalue weighted by Gasteiger charge is 2.41. The number of thiophene rings is 1. The highest BCUT2D eigenvalue weighted by atomic mass is 32.2. The van der Waals surface area contributed by atoms with Crippen LogP contribution in [0.3, 0.4) is 0 Å². The molecule has 0 fully saturated rings. The zero-order chi connectivity index (χ0) is 45.0. The van der Waals surface area contributed by atoms with Gasteiger partial charge in [0.25, 0.3) is 5.78 Å². The Balaban J connectivity index is 0.000000812. The molecule has 0 radical (unpaired) electrons. The minimum Gasteiger partial charge on any atom is -0.494 e. The van der Waals surface area contributed by atoms with Crippen molar-refractivity contribution in [1.29, 1.82) is 0 Å². The number of halogens is 4. The molecular weight excluding hydrogens is 847 g/mol. The number of Topliss-reactive ketones (excluding diaryl/α,β-unsaturated/α-hetero) is 1. The van der Waals surface area contributed by atoms with E-state index in [9.17, 15) is 30.8 Å². The first-order chi connectivity index (χ1) is 27.8. The molecule has 0 saturated carbocycles. The number of carbonyl (C=O) groups excluding carboxylic acids is 5. The van der Waals surface area contributed by atoms with Gasteiger partial charge in [0.05, 0.1) is 40.7 Å². The molecule has 0 unspecified atom stereocenters. The summed E-state index contributed by atoms with van der Waals surface area (Å²) >= 11 is 1.70. The van der Waals surface area contributed by atoms with E-state index in [0.29, 0.717) is 12.0 Å². The molecule has 1 N–H and O–H groups in total. The van der Waals surface area contributed by atoms with E-state index in [1.165, 1.54) is 42.7 Å². The molecule has 334 valence electrons. The maximum absolute atomic E-state index is 13.4. The first-order valence-corrected chi connectivity index (χ1v) is 22.4. The summed E-state index contributed by atoms with van der Waals surface area (Å²) in [5, 5.41) is 4.22. The van der Waals surface area contributed by atoms with Crippen molar-refractivity contribution in [2.24, 2.45) is 5.92 Å². The summed E-state index contributed by atoms with van der Waals surface area (Å²) in [5.74, 6) is -2.23. The number of aryl methyl sites for hydroxylation is 1. The summed E-state index contributed by atoms with van der Waals surface area (Å²) in [4.78, 5) is 46.4. The number of ether oxygens (including phenoxy) is 1. The van der Waals surface area contributed by atoms with Gasteiger partial charge in [-0.1, -0.05) is 63.1 Å². The number of hydrogen-bond donors (Lipinski definition) is 1. The van der Waals surface area contributed by atoms with Crippen molar-refractivity contribution in [3.63, 3.8) is 0 Å². The Morgan fingerprint density at radius 3 is 2.03 bits per heavy atom. The van der Waals surface area contributed by atoms with E-state index in [-0.39, 0.29) is 48.1 Å². The molecule has 60 heavy (non-hydrogen) atoms. The lowest BCUT2D eigenvalue weighted by Crippen LogP contribution is -2.34. The molecule has 1 aromatic carbocycles. The van der Waals surface area contributed by atoms with Crippen LogP contribution in [-0.2, 0) is 41.1 Å². The van der Waals surface area contributed by atoms with Crippen LogP contribution in [-0.4, -0.2) is 85.0 Å². The fraction of sp³-hybridized carbons (Fsp3) is 0.500. The van der Waals surface area contributed by atoms with Crippen LogP contribution in [0.5, 0.6) is 5.75 Å². The van der Waals surface area contributed by atoms with Crippen LogP contribution >= 0.6 is 11.3 Å². The van der Waals surface area contributed by atoms with Crippen LogP contribution in [0.25, 0.3) is 10.9 Å². The molecule has 0 amide bonds. The van der Waals surface area contributed by atoms with Crippen molar-refractivity contribution in [2.75, 3.05) is 32.7 Å². The van der Waals surface area contributed by atoms with Gasteiger partial charge in [0.1, 0.15) is 0 Å². The predicted octanol–water partition coefficient (Wildman–Crippen LogP) is 9.65. The zero-order valence-electron chi connectivity index (χ0n) is 34.7. The quantitative estimate of drug-likeness (QED) is 0.107. The maximum atomic E-state index is 13.4. The number of hydrogen-bond acceptors (Lipinski definition) is 9. The second-order valence-corrected chi connectivity index (χ2v) is 17.1. The smallest absolute Gasteiger partial charge is 0.454 e. The molecule has 11 nitrogen and oxygen atoms in total. The summed E-state index contributed by atoms with van der Waals surface area (Å²) in [6.07, 6.45) is 11.5. The Labute approximate surface area is 359 Å². The third-order valence-electron chi connectivity index (χ3n) is 9.40. The lowest BCUT2D eigenvalue weighted by Gasteiger charge is -2.27. The first kappa shape index (κ1) is 55.9. The fourth-order valence-corrected chi connectivity index (χ4v) is 9.06. The Hall–Kier alpha value is -4.15. The van der Waals surface area contributed by atoms with Gasteiger partial charge in [-0.25, -0.2) is 21.4 Å². The molecular formula is C42H57F4N3O8S3. The van der Waals surface area contributed by atoms with Crippen molar-refractivity contribution < 1.29 is 54.7 Å². The van der Waals surface area contributed by atoms with Crippen LogP contribution in [0.4, 0.5) is 17.6 Å². The first-order valence-electron chi connectivity index (χ1n) is 18.5. The Kier molecular flexibility index (Phi) is 25.7. The summed E-state index contributed by atoms with van der Waals surface area (Å²) in [5.41, 5.74) is 5.18. The Morgan fingerprint density at radius 1 is 1.02 bits per heavy atom. The maximum Gasteiger partial charge on any atom is 0.454 e. The topological polar surface area (TPSA) is 151 Å². The monoisotopic (exact) mass is 903 g/mol. The predicted molar refractivity (Wildman–Crippen MR) is 228 cm³/mol. The van der Waals surface area contributed by atoms with Crippen molar-refractivity contribution in [3.8, 4) is 5.75 Å². The SMILES string of the molecule is C.CCC1=CCN([S@@](C)=O)[C@@H]1C[C@@H](C)CCC=C(C)C.CCC1=CCN([S@](C)=O)[C@H]1c1ccsc1.COc1cc2c(C(=O)C(F)(F)F)c(C)[nH]c2cc1F.O=C=O.O=C=O. The lowest BCUT2D eigenvalue weighted by atomic mass is 9.92. The molecule has 5 rings (SSSR count). The summed E-state index contributed by atoms with van der Waals surface area (Å²) < 4.78 is 83.3. The number of fused-ring (bicyclic) bond motifs is 1. The number of methoxy groups -OCH3 is 1. The van der Waals surface area contributed by atoms with Crippen LogP contribution in [0.15, 0.2) is 63.9 Å². The van der Waals surface area contributed by atoms with Crippen molar-refractivity contribution in [2.45, 2.75) is 99.3 Å². The molecule has 2 aromatic heterocycles. The van der Waals surface area contributed by atoms with Crippen molar-refractivity contribution >= 4 is 62.3 Å². The number of ketones is 1. The molecule has 3 aromatic rings. The van der Waals surface area contributed by atoms with Gasteiger partial charge in [0.15, 0.2) is 11.6 Å². The van der Waals surface area contributed by atoms with E-state index < -0.39 is 45.3 Å². The van der Waals surface area contributed by atoms with Crippen molar-refractivity contribution in [1.82, 2.24) is 13.6 Å². The minimum atomic E-state index is -4.98. The van der Waals surface area contributed by atoms with E-state index >= 15 is 0 Å². The normalized spacial score (nSPS) is 17.4. The largest absolute Gasteiger partial charge is 0.494 e. The number of nitrogens with one attached hydrogen (secondary N) is 1. The average Bonchev–Trinajstić information content (AvgIpc) is 3.97. The van der Waals surface area contributed by atoms with Gasteiger partial charge in [-0.05, 0) is 87.2 Å². The molecule has 18 heteroatoms. The number of benzene rings is 1. The highest BCUT2D eigenvalue weighted by Crippen LogP contribution is 2.37. The number of aromatic amines is 1. The van der Waals surface area contributed by atoms with E-state index in [1.807, 2.05) is 4.31 Å². The van der Waals surface area contributed by atoms with Gasteiger partial charge in [-0.3, -0.25) is 4.79 Å². The lowest BCUT2D eigenvalue weighted by molar-refractivity contribution is -0.193. The third kappa shape index (κ3) is 16.7. The standard InChI is InChI=1S/C16H29NOS.C12H9F4NO2.C11H15NOS2.2CO2.CH4/c1-6-15-10-11-17(19(5)18)16(15)12-14(4)9-7-8-13(2)3;1-5-10(11(18)12(14,15)16)6-3-9(19-2)7(13)4-8(6)17-5;1-3-9-4-6-12(15(2)13)11(9)10-5-7-14-8-10;2*2-1-3;/h8,10,14,16H,6-7,9,11-12H2,1-5H3;3-4,17H,1-2H3;4-5,7-8,11H,3,6H2,1-2H3;;;1H4/t14-,16+,19+;;11-,15+;;;/m0.1.../s1. The molecule has 4 heterocycles. The number of allylic oxidation sites excluding steroid dienone is 2. The van der Waals surface area contributed by atoms with E-state index in [1.54, 1.807) is 23.8 Å². The molecule has 5 atom stereocenters. The van der Waals surface area contributed by atoms with E-state index in [2.05, 4.69) is 79.0 Å². The molecule has 0 bridgehead atoms. The second kappa shape index (κ2) is 27.6. The molecule has 2 aliphatic heterocycles. The number of aromatic nitrogens is 1. The highest BCUT2D eigenvalue weighted by molar-refractivity contribution is 7.82. The molecule has 0 saturated heterocycles. The Morgan fingerprint density at radius 2 is 1.57 bits per heavy atom. The molecule has 2 aliphatic rings. The van der Waals surface area contributed by atoms with Gasteiger partial charge < -0.3 is 9.72 Å². The number of H-pyrrole nitrogens is 1. The van der Waals surface area contributed by atoms with Crippen LogP contribution in [0, 0.1) is 18.7 Å².